The van der Waals surface area contributed by atoms with E-state index in [2.05, 4.69) is 10.8 Å². The van der Waals surface area contributed by atoms with Crippen LogP contribution in [-0.2, 0) is 19.1 Å². The molecule has 1 aliphatic carbocycles. The minimum absolute atomic E-state index is 0.202. The third-order valence-electron chi connectivity index (χ3n) is 7.61. The number of phenolic OH excluding ortho intramolecular Hbond substituents is 1. The number of hydrogen-bond donors (Lipinski definition) is 2. The summed E-state index contributed by atoms with van der Waals surface area (Å²) in [5, 5.41) is 19.8. The van der Waals surface area contributed by atoms with Crippen LogP contribution in [0, 0.1) is 17.8 Å². The van der Waals surface area contributed by atoms with E-state index in [0.717, 1.165) is 29.4 Å². The third kappa shape index (κ3) is 4.58. The van der Waals surface area contributed by atoms with Gasteiger partial charge in [-0.15, -0.1) is 0 Å². The van der Waals surface area contributed by atoms with Gasteiger partial charge in [-0.2, -0.15) is 4.90 Å². The molecule has 0 spiro atoms. The molecule has 0 radical (unpaired) electrons. The van der Waals surface area contributed by atoms with Crippen molar-refractivity contribution in [3.63, 3.8) is 0 Å². The van der Waals surface area contributed by atoms with E-state index in [1.165, 1.54) is 0 Å². The number of aromatic hydroxyl groups is 1. The van der Waals surface area contributed by atoms with Gasteiger partial charge in [0, 0.05) is 5.92 Å². The van der Waals surface area contributed by atoms with Crippen molar-refractivity contribution in [3.8, 4) is 5.75 Å². The first-order chi connectivity index (χ1) is 17.9. The van der Waals surface area contributed by atoms with Crippen LogP contribution in [0.2, 0.25) is 0 Å². The first-order valence-corrected chi connectivity index (χ1v) is 12.4. The average Bonchev–Trinajstić information content (AvgIpc) is 3.45. The van der Waals surface area contributed by atoms with Crippen LogP contribution in [0.4, 0.5) is 4.79 Å². The zero-order valence-electron chi connectivity index (χ0n) is 20.5. The fourth-order valence-electron chi connectivity index (χ4n) is 5.90. The summed E-state index contributed by atoms with van der Waals surface area (Å²) in [6.07, 6.45) is 2.30. The zero-order valence-corrected chi connectivity index (χ0v) is 20.5. The number of methoxy groups -OCH3 is 1. The molecule has 192 valence electrons. The second kappa shape index (κ2) is 10.3. The van der Waals surface area contributed by atoms with Crippen LogP contribution in [0.1, 0.15) is 30.4 Å². The second-order valence-electron chi connectivity index (χ2n) is 9.63. The summed E-state index contributed by atoms with van der Waals surface area (Å²) in [5.74, 6) is -2.67. The van der Waals surface area contributed by atoms with Crippen molar-refractivity contribution in [2.45, 2.75) is 25.4 Å². The summed E-state index contributed by atoms with van der Waals surface area (Å²) < 4.78 is 10.8. The van der Waals surface area contributed by atoms with Crippen molar-refractivity contribution in [1.82, 2.24) is 4.90 Å². The smallest absolute Gasteiger partial charge is 0.423 e. The van der Waals surface area contributed by atoms with Crippen molar-refractivity contribution in [3.05, 3.63) is 76.9 Å². The van der Waals surface area contributed by atoms with E-state index in [4.69, 9.17) is 4.74 Å². The van der Waals surface area contributed by atoms with Crippen molar-refractivity contribution in [2.75, 3.05) is 20.3 Å². The third-order valence-corrected chi connectivity index (χ3v) is 7.61. The number of aliphatic hydroxyl groups is 1. The number of likely N-dealkylation sites (tertiary alicyclic amines) is 1. The van der Waals surface area contributed by atoms with E-state index in [1.807, 2.05) is 42.5 Å². The van der Waals surface area contributed by atoms with Crippen molar-refractivity contribution in [1.29, 1.82) is 0 Å². The Kier molecular flexibility index (Phi) is 6.95. The first-order valence-electron chi connectivity index (χ1n) is 12.4. The molecule has 2 N–H and O–H groups in total. The van der Waals surface area contributed by atoms with Gasteiger partial charge in [-0.25, -0.2) is 4.79 Å². The molecule has 37 heavy (non-hydrogen) atoms. The lowest BCUT2D eigenvalue weighted by Crippen LogP contribution is -2.38. The molecule has 3 aliphatic rings. The van der Waals surface area contributed by atoms with Gasteiger partial charge in [-0.1, -0.05) is 48.5 Å². The number of amides is 3. The number of carbonyl (C=O) groups is 3. The van der Waals surface area contributed by atoms with Gasteiger partial charge in [0.2, 0.25) is 11.8 Å². The molecule has 0 saturated carbocycles. The molecular weight excluding hydrogens is 474 g/mol. The molecule has 8 heteroatoms. The molecule has 4 atom stereocenters. The molecule has 2 aromatic carbocycles. The number of imide groups is 3. The Labute approximate surface area is 214 Å². The Bertz CT molecular complexity index is 1260. The van der Waals surface area contributed by atoms with E-state index in [1.54, 1.807) is 12.1 Å². The van der Waals surface area contributed by atoms with Crippen LogP contribution in [0.5, 0.6) is 5.75 Å². The lowest BCUT2D eigenvalue weighted by atomic mass is 9.69. The van der Waals surface area contributed by atoms with Crippen molar-refractivity contribution < 1.29 is 34.1 Å². The van der Waals surface area contributed by atoms with Gasteiger partial charge in [-0.3, -0.25) is 9.59 Å². The Balaban J connectivity index is 1.40. The number of benzene rings is 2. The number of nitrogens with zero attached hydrogens (tertiary/aromatic N) is 1. The van der Waals surface area contributed by atoms with Gasteiger partial charge in [0.15, 0.2) is 0 Å². The normalized spacial score (nSPS) is 25.4. The van der Waals surface area contributed by atoms with Crippen LogP contribution in [0.25, 0.3) is 11.6 Å². The SMILES string of the molecule is COC(=O)N1C(=O)[C@@H]2[C@@H](CC(CO)=C3[C@@H](CC/C(=C/c4ccc(O)cc4)c4ccccc4)OC[C@@H]32)C1=O. The van der Waals surface area contributed by atoms with Crippen LogP contribution in [0.3, 0.4) is 0 Å². The van der Waals surface area contributed by atoms with Gasteiger partial charge < -0.3 is 19.7 Å². The Morgan fingerprint density at radius 1 is 1.08 bits per heavy atom. The highest BCUT2D eigenvalue weighted by atomic mass is 16.5. The highest BCUT2D eigenvalue weighted by Gasteiger charge is 2.58. The molecular formula is C29H29NO7. The predicted molar refractivity (Wildman–Crippen MR) is 135 cm³/mol. The number of rotatable bonds is 6. The Hall–Kier alpha value is -3.75. The molecule has 3 amide bonds. The quantitative estimate of drug-likeness (QED) is 0.350. The summed E-state index contributed by atoms with van der Waals surface area (Å²) in [6.45, 7) is 0.0184. The zero-order chi connectivity index (χ0) is 26.1. The van der Waals surface area contributed by atoms with Crippen molar-refractivity contribution >= 4 is 29.6 Å². The fourth-order valence-corrected chi connectivity index (χ4v) is 5.90. The number of fused-ring (bicyclic) bond motifs is 3. The molecule has 8 nitrogen and oxygen atoms in total. The Morgan fingerprint density at radius 2 is 1.81 bits per heavy atom. The van der Waals surface area contributed by atoms with Gasteiger partial charge in [-0.05, 0) is 59.2 Å². The van der Waals surface area contributed by atoms with E-state index >= 15 is 0 Å². The topological polar surface area (TPSA) is 113 Å². The molecule has 0 aromatic heterocycles. The van der Waals surface area contributed by atoms with E-state index in [9.17, 15) is 24.6 Å². The highest BCUT2D eigenvalue weighted by Crippen LogP contribution is 2.50. The molecule has 2 fully saturated rings. The second-order valence-corrected chi connectivity index (χ2v) is 9.63. The maximum Gasteiger partial charge on any atom is 0.423 e. The lowest BCUT2D eigenvalue weighted by Gasteiger charge is -2.31. The number of hydrogen-bond acceptors (Lipinski definition) is 7. The monoisotopic (exact) mass is 503 g/mol. The van der Waals surface area contributed by atoms with E-state index in [-0.39, 0.29) is 37.4 Å². The van der Waals surface area contributed by atoms with Crippen LogP contribution in [-0.4, -0.2) is 59.4 Å². The number of carbonyl (C=O) groups excluding carboxylic acids is 3. The highest BCUT2D eigenvalue weighted by molar-refractivity contribution is 6.16. The average molecular weight is 504 g/mol. The van der Waals surface area contributed by atoms with E-state index in [0.29, 0.717) is 23.3 Å². The summed E-state index contributed by atoms with van der Waals surface area (Å²) in [5.41, 5.74) is 4.70. The molecule has 2 aliphatic heterocycles. The number of allylic oxidation sites excluding steroid dienone is 1. The maximum atomic E-state index is 13.1. The van der Waals surface area contributed by atoms with Gasteiger partial charge in [0.25, 0.3) is 0 Å². The fraction of sp³-hybridized carbons (Fsp3) is 0.345. The largest absolute Gasteiger partial charge is 0.508 e. The molecule has 0 bridgehead atoms. The molecule has 5 rings (SSSR count). The van der Waals surface area contributed by atoms with Gasteiger partial charge in [0.05, 0.1) is 38.3 Å². The number of phenols is 1. The minimum atomic E-state index is -0.973. The minimum Gasteiger partial charge on any atom is -0.508 e. The maximum absolute atomic E-state index is 13.1. The van der Waals surface area contributed by atoms with E-state index < -0.39 is 29.7 Å². The van der Waals surface area contributed by atoms with Crippen molar-refractivity contribution in [2.24, 2.45) is 17.8 Å². The molecule has 2 aromatic rings. The van der Waals surface area contributed by atoms with Crippen LogP contribution >= 0.6 is 0 Å². The van der Waals surface area contributed by atoms with Gasteiger partial charge in [0.1, 0.15) is 5.75 Å². The summed E-state index contributed by atoms with van der Waals surface area (Å²) in [4.78, 5) is 38.7. The first kappa shape index (κ1) is 24.9. The number of aliphatic hydroxyl groups excluding tert-OH is 1. The summed E-state index contributed by atoms with van der Waals surface area (Å²) in [7, 11) is 1.14. The predicted octanol–water partition coefficient (Wildman–Crippen LogP) is 3.79. The molecule has 2 saturated heterocycles. The molecule has 2 heterocycles. The number of ether oxygens (including phenoxy) is 2. The lowest BCUT2D eigenvalue weighted by molar-refractivity contribution is -0.137. The Morgan fingerprint density at radius 3 is 2.49 bits per heavy atom. The van der Waals surface area contributed by atoms with Gasteiger partial charge >= 0.3 is 6.09 Å². The van der Waals surface area contributed by atoms with Crippen LogP contribution in [0.15, 0.2) is 65.7 Å². The summed E-state index contributed by atoms with van der Waals surface area (Å²) >= 11 is 0. The molecule has 0 unspecified atom stereocenters. The van der Waals surface area contributed by atoms with Crippen LogP contribution < -0.4 is 0 Å². The standard InChI is InChI=1S/C29H29NO7/c1-36-29(35)30-27(33)22-14-20(15-31)25-23(26(22)28(30)34)16-37-24(25)12-9-19(18-5-3-2-4-6-18)13-17-7-10-21(32)11-8-17/h2-8,10-11,13,22-24,26,31-32H,9,12,14-16H2,1H3/b19-13-/t22-,23+,24-,26-/m1/s1. The summed E-state index contributed by atoms with van der Waals surface area (Å²) in [6, 6.07) is 17.0.